The fraction of sp³-hybridized carbons (Fsp3) is 0.500. The zero-order valence-corrected chi connectivity index (χ0v) is 16.4. The van der Waals surface area contributed by atoms with Crippen molar-refractivity contribution in [3.63, 3.8) is 0 Å². The number of hydrogen-bond donors (Lipinski definition) is 2. The van der Waals surface area contributed by atoms with Crippen molar-refractivity contribution in [3.05, 3.63) is 29.3 Å². The van der Waals surface area contributed by atoms with Crippen LogP contribution in [0.25, 0.3) is 0 Å². The number of quaternary nitrogens is 1. The van der Waals surface area contributed by atoms with Gasteiger partial charge < -0.3 is 15.1 Å². The summed E-state index contributed by atoms with van der Waals surface area (Å²) in [5, 5.41) is 2.85. The van der Waals surface area contributed by atoms with Crippen LogP contribution in [0.3, 0.4) is 0 Å². The highest BCUT2D eigenvalue weighted by atomic mass is 35.5. The molecule has 1 aromatic carbocycles. The minimum atomic E-state index is -3.58. The van der Waals surface area contributed by atoms with Crippen LogP contribution in [0.4, 0.5) is 0 Å². The van der Waals surface area contributed by atoms with Crippen LogP contribution in [0.5, 0.6) is 0 Å². The van der Waals surface area contributed by atoms with Gasteiger partial charge in [-0.05, 0) is 18.2 Å². The molecule has 0 aromatic heterocycles. The molecule has 0 unspecified atom stereocenters. The molecule has 10 heteroatoms. The molecule has 144 valence electrons. The van der Waals surface area contributed by atoms with Gasteiger partial charge in [0.2, 0.25) is 15.9 Å². The minimum Gasteiger partial charge on any atom is -0.358 e. The fourth-order valence-electron chi connectivity index (χ4n) is 2.73. The Hall–Kier alpha value is -1.68. The summed E-state index contributed by atoms with van der Waals surface area (Å²) in [5.74, 6) is -0.372. The predicted octanol–water partition coefficient (Wildman–Crippen LogP) is -1.57. The summed E-state index contributed by atoms with van der Waals surface area (Å²) in [7, 11) is -0.485. The van der Waals surface area contributed by atoms with E-state index in [0.717, 1.165) is 4.90 Å². The van der Waals surface area contributed by atoms with Crippen LogP contribution in [-0.4, -0.2) is 82.8 Å². The maximum Gasteiger partial charge on any atom is 0.277 e. The Morgan fingerprint density at radius 2 is 1.96 bits per heavy atom. The molecule has 0 saturated carbocycles. The second-order valence-corrected chi connectivity index (χ2v) is 8.59. The molecule has 2 amide bonds. The Bertz CT molecular complexity index is 763. The number of amides is 2. The standard InChI is InChI=1S/C16H23ClN4O4S/c1-18-15(22)11-19(2)16(23)12-20-6-8-21(9-7-20)26(24,25)14-5-3-4-13(17)10-14/h3-5,10H,6-9,11-12H2,1-2H3,(H,18,22)/p+1. The summed E-state index contributed by atoms with van der Waals surface area (Å²) >= 11 is 5.89. The van der Waals surface area contributed by atoms with Gasteiger partial charge in [0.1, 0.15) is 0 Å². The Morgan fingerprint density at radius 1 is 1.31 bits per heavy atom. The topological polar surface area (TPSA) is 91.2 Å². The fourth-order valence-corrected chi connectivity index (χ4v) is 4.47. The lowest BCUT2D eigenvalue weighted by atomic mass is 10.3. The van der Waals surface area contributed by atoms with Gasteiger partial charge in [-0.3, -0.25) is 9.59 Å². The van der Waals surface area contributed by atoms with Crippen molar-refractivity contribution in [1.82, 2.24) is 14.5 Å². The summed E-state index contributed by atoms with van der Waals surface area (Å²) < 4.78 is 26.8. The molecule has 8 nitrogen and oxygen atoms in total. The maximum absolute atomic E-state index is 12.7. The molecule has 1 saturated heterocycles. The normalized spacial score (nSPS) is 16.3. The minimum absolute atomic E-state index is 0.0118. The number of rotatable bonds is 6. The van der Waals surface area contributed by atoms with Gasteiger partial charge in [-0.2, -0.15) is 4.31 Å². The molecular formula is C16H24ClN4O4S+. The molecule has 0 spiro atoms. The molecule has 0 bridgehead atoms. The van der Waals surface area contributed by atoms with E-state index in [1.807, 2.05) is 0 Å². The quantitative estimate of drug-likeness (QED) is 0.600. The Kier molecular flexibility index (Phi) is 6.99. The first-order valence-electron chi connectivity index (χ1n) is 8.28. The van der Waals surface area contributed by atoms with E-state index in [2.05, 4.69) is 5.32 Å². The van der Waals surface area contributed by atoms with Crippen LogP contribution >= 0.6 is 11.6 Å². The van der Waals surface area contributed by atoms with Crippen LogP contribution in [0.1, 0.15) is 0 Å². The van der Waals surface area contributed by atoms with Crippen molar-refractivity contribution in [1.29, 1.82) is 0 Å². The molecule has 2 rings (SSSR count). The van der Waals surface area contributed by atoms with Crippen molar-refractivity contribution in [3.8, 4) is 0 Å². The van der Waals surface area contributed by atoms with Gasteiger partial charge in [-0.1, -0.05) is 17.7 Å². The Labute approximate surface area is 158 Å². The highest BCUT2D eigenvalue weighted by Crippen LogP contribution is 2.19. The molecule has 1 fully saturated rings. The van der Waals surface area contributed by atoms with Crippen molar-refractivity contribution in [2.75, 3.05) is 53.4 Å². The maximum atomic E-state index is 12.7. The summed E-state index contributed by atoms with van der Waals surface area (Å²) in [6, 6.07) is 6.20. The van der Waals surface area contributed by atoms with Crippen LogP contribution in [0.15, 0.2) is 29.2 Å². The second kappa shape index (κ2) is 8.81. The molecule has 0 radical (unpaired) electrons. The van der Waals surface area contributed by atoms with Gasteiger partial charge in [0.05, 0.1) is 37.6 Å². The van der Waals surface area contributed by atoms with E-state index < -0.39 is 10.0 Å². The average molecular weight is 404 g/mol. The zero-order valence-electron chi connectivity index (χ0n) is 14.9. The summed E-state index contributed by atoms with van der Waals surface area (Å²) in [5.41, 5.74) is 0. The van der Waals surface area contributed by atoms with Gasteiger partial charge in [0.15, 0.2) is 6.54 Å². The van der Waals surface area contributed by atoms with E-state index in [1.165, 1.54) is 28.4 Å². The van der Waals surface area contributed by atoms with Gasteiger partial charge in [-0.15, -0.1) is 0 Å². The molecule has 1 heterocycles. The third-order valence-corrected chi connectivity index (χ3v) is 6.48. The molecule has 2 N–H and O–H groups in total. The molecule has 0 aliphatic carbocycles. The molecule has 1 aromatic rings. The first-order valence-corrected chi connectivity index (χ1v) is 10.1. The first-order chi connectivity index (χ1) is 12.2. The highest BCUT2D eigenvalue weighted by Gasteiger charge is 2.31. The Morgan fingerprint density at radius 3 is 2.54 bits per heavy atom. The molecular weight excluding hydrogens is 380 g/mol. The summed E-state index contributed by atoms with van der Waals surface area (Å²) in [6.45, 7) is 1.96. The van der Waals surface area contributed by atoms with Gasteiger partial charge in [0.25, 0.3) is 5.91 Å². The number of likely N-dealkylation sites (N-methyl/N-ethyl adjacent to an activating group) is 2. The van der Waals surface area contributed by atoms with E-state index in [-0.39, 0.29) is 29.8 Å². The lowest BCUT2D eigenvalue weighted by Crippen LogP contribution is -3.15. The first kappa shape index (κ1) is 20.6. The number of sulfonamides is 1. The van der Waals surface area contributed by atoms with E-state index >= 15 is 0 Å². The van der Waals surface area contributed by atoms with Crippen LogP contribution in [0.2, 0.25) is 5.02 Å². The van der Waals surface area contributed by atoms with E-state index in [1.54, 1.807) is 19.2 Å². The van der Waals surface area contributed by atoms with Crippen LogP contribution < -0.4 is 10.2 Å². The van der Waals surface area contributed by atoms with E-state index in [4.69, 9.17) is 11.6 Å². The number of halogens is 1. The number of benzene rings is 1. The van der Waals surface area contributed by atoms with Crippen molar-refractivity contribution >= 4 is 33.4 Å². The van der Waals surface area contributed by atoms with Crippen LogP contribution in [0, 0.1) is 0 Å². The molecule has 26 heavy (non-hydrogen) atoms. The number of piperazine rings is 1. The molecule has 0 atom stereocenters. The van der Waals surface area contributed by atoms with Gasteiger partial charge >= 0.3 is 0 Å². The number of carbonyl (C=O) groups is 2. The molecule has 1 aliphatic rings. The number of carbonyl (C=O) groups excluding carboxylic acids is 2. The van der Waals surface area contributed by atoms with Crippen LogP contribution in [-0.2, 0) is 19.6 Å². The summed E-state index contributed by atoms with van der Waals surface area (Å²) in [4.78, 5) is 26.1. The average Bonchev–Trinajstić information content (AvgIpc) is 2.62. The summed E-state index contributed by atoms with van der Waals surface area (Å²) in [6.07, 6.45) is 0. The van der Waals surface area contributed by atoms with E-state index in [0.29, 0.717) is 31.2 Å². The van der Waals surface area contributed by atoms with Gasteiger partial charge in [0, 0.05) is 19.1 Å². The van der Waals surface area contributed by atoms with E-state index in [9.17, 15) is 18.0 Å². The number of hydrogen-bond acceptors (Lipinski definition) is 4. The third kappa shape index (κ3) is 5.16. The highest BCUT2D eigenvalue weighted by molar-refractivity contribution is 7.89. The van der Waals surface area contributed by atoms with Gasteiger partial charge in [-0.25, -0.2) is 8.42 Å². The SMILES string of the molecule is CNC(=O)CN(C)C(=O)C[NH+]1CCN(S(=O)(=O)c2cccc(Cl)c2)CC1. The molecule has 1 aliphatic heterocycles. The third-order valence-electron chi connectivity index (χ3n) is 4.35. The van der Waals surface area contributed by atoms with Crippen molar-refractivity contribution in [2.45, 2.75) is 4.90 Å². The largest absolute Gasteiger partial charge is 0.358 e. The van der Waals surface area contributed by atoms with Crippen molar-refractivity contribution in [2.24, 2.45) is 0 Å². The van der Waals surface area contributed by atoms with Crippen molar-refractivity contribution < 1.29 is 22.9 Å². The lowest BCUT2D eigenvalue weighted by Gasteiger charge is -2.31. The monoisotopic (exact) mass is 403 g/mol. The number of nitrogens with zero attached hydrogens (tertiary/aromatic N) is 2. The lowest BCUT2D eigenvalue weighted by molar-refractivity contribution is -0.895. The predicted molar refractivity (Wildman–Crippen MR) is 97.5 cm³/mol. The Balaban J connectivity index is 1.90. The smallest absolute Gasteiger partial charge is 0.277 e. The number of nitrogens with one attached hydrogen (secondary N) is 2. The second-order valence-electron chi connectivity index (χ2n) is 6.21. The zero-order chi connectivity index (χ0) is 19.3.